The van der Waals surface area contributed by atoms with Crippen molar-refractivity contribution in [2.45, 2.75) is 13.2 Å². The van der Waals surface area contributed by atoms with Crippen LogP contribution in [0.5, 0.6) is 0 Å². The lowest BCUT2D eigenvalue weighted by molar-refractivity contribution is 0.149. The Morgan fingerprint density at radius 2 is 2.50 bits per heavy atom. The van der Waals surface area contributed by atoms with Gasteiger partial charge in [0.2, 0.25) is 0 Å². The van der Waals surface area contributed by atoms with Crippen molar-refractivity contribution in [3.63, 3.8) is 0 Å². The number of nitrogens with two attached hydrogens (primary N) is 1. The smallest absolute Gasteiger partial charge is 0.411 e. The molecule has 1 aromatic heterocycles. The number of carbonyl (C=O) groups excluding carboxylic acids is 1. The molecule has 0 radical (unpaired) electrons. The van der Waals surface area contributed by atoms with Gasteiger partial charge in [-0.1, -0.05) is 5.21 Å². The maximum atomic E-state index is 11.1. The third-order valence-electron chi connectivity index (χ3n) is 1.96. The van der Waals surface area contributed by atoms with Crippen LogP contribution in [0.25, 0.3) is 0 Å². The Bertz CT molecular complexity index is 337. The van der Waals surface area contributed by atoms with Crippen molar-refractivity contribution in [2.24, 2.45) is 5.73 Å². The van der Waals surface area contributed by atoms with E-state index in [9.17, 15) is 4.79 Å². The lowest BCUT2D eigenvalue weighted by Gasteiger charge is -2.10. The van der Waals surface area contributed by atoms with Gasteiger partial charge in [-0.2, -0.15) is 0 Å². The molecule has 7 heteroatoms. The quantitative estimate of drug-likeness (QED) is 0.681. The minimum absolute atomic E-state index is 0.310. The van der Waals surface area contributed by atoms with Gasteiger partial charge >= 0.3 is 6.09 Å². The molecule has 1 aromatic rings. The van der Waals surface area contributed by atoms with E-state index in [4.69, 9.17) is 10.5 Å². The van der Waals surface area contributed by atoms with Gasteiger partial charge in [0, 0.05) is 6.54 Å². The molecule has 76 valence electrons. The zero-order valence-corrected chi connectivity index (χ0v) is 7.59. The third-order valence-corrected chi connectivity index (χ3v) is 1.96. The molecule has 14 heavy (non-hydrogen) atoms. The molecule has 1 aliphatic rings. The molecule has 1 saturated heterocycles. The number of nitrogens with zero attached hydrogens (tertiary/aromatic N) is 4. The molecule has 2 rings (SSSR count). The highest BCUT2D eigenvalue weighted by atomic mass is 16.6. The van der Waals surface area contributed by atoms with Gasteiger partial charge in [-0.15, -0.1) is 5.10 Å². The molecule has 0 saturated carbocycles. The summed E-state index contributed by atoms with van der Waals surface area (Å²) in [6.45, 7) is 1.75. The predicted molar refractivity (Wildman–Crippen MR) is 46.0 cm³/mol. The van der Waals surface area contributed by atoms with Crippen LogP contribution in [-0.2, 0) is 18.0 Å². The maximum absolute atomic E-state index is 11.1. The van der Waals surface area contributed by atoms with E-state index in [1.54, 1.807) is 15.8 Å². The van der Waals surface area contributed by atoms with Crippen LogP contribution in [0.15, 0.2) is 6.20 Å². The Kier molecular flexibility index (Phi) is 2.32. The fourth-order valence-corrected chi connectivity index (χ4v) is 1.23. The first-order valence-corrected chi connectivity index (χ1v) is 4.30. The standard InChI is InChI=1S/C7H11N5O2/c8-3-6-4-12(10-9-6)5-11-1-2-14-7(11)13/h4H,1-3,5,8H2. The van der Waals surface area contributed by atoms with Gasteiger partial charge in [-0.05, 0) is 0 Å². The van der Waals surface area contributed by atoms with Crippen LogP contribution < -0.4 is 5.73 Å². The number of amides is 1. The minimum Gasteiger partial charge on any atom is -0.447 e. The molecule has 0 bridgehead atoms. The van der Waals surface area contributed by atoms with Crippen molar-refractivity contribution >= 4 is 6.09 Å². The first-order valence-electron chi connectivity index (χ1n) is 4.30. The fraction of sp³-hybridized carbons (Fsp3) is 0.571. The molecule has 7 nitrogen and oxygen atoms in total. The van der Waals surface area contributed by atoms with Crippen LogP contribution >= 0.6 is 0 Å². The van der Waals surface area contributed by atoms with Gasteiger partial charge in [0.05, 0.1) is 18.4 Å². The molecular weight excluding hydrogens is 186 g/mol. The van der Waals surface area contributed by atoms with Crippen molar-refractivity contribution in [3.05, 3.63) is 11.9 Å². The summed E-state index contributed by atoms with van der Waals surface area (Å²) in [6.07, 6.45) is 1.40. The summed E-state index contributed by atoms with van der Waals surface area (Å²) in [7, 11) is 0. The molecule has 0 aromatic carbocycles. The minimum atomic E-state index is -0.310. The van der Waals surface area contributed by atoms with Crippen LogP contribution in [0.1, 0.15) is 5.69 Å². The number of ether oxygens (including phenoxy) is 1. The molecule has 1 aliphatic heterocycles. The van der Waals surface area contributed by atoms with Gasteiger partial charge < -0.3 is 10.5 Å². The third kappa shape index (κ3) is 1.67. The van der Waals surface area contributed by atoms with E-state index >= 15 is 0 Å². The van der Waals surface area contributed by atoms with Crippen LogP contribution in [0.2, 0.25) is 0 Å². The van der Waals surface area contributed by atoms with Crippen molar-refractivity contribution in [1.82, 2.24) is 19.9 Å². The van der Waals surface area contributed by atoms with E-state index in [1.165, 1.54) is 0 Å². The van der Waals surface area contributed by atoms with Crippen molar-refractivity contribution in [3.8, 4) is 0 Å². The van der Waals surface area contributed by atoms with Gasteiger partial charge in [0.25, 0.3) is 0 Å². The largest absolute Gasteiger partial charge is 0.447 e. The second-order valence-corrected chi connectivity index (χ2v) is 2.97. The molecule has 0 unspecified atom stereocenters. The second kappa shape index (κ2) is 3.62. The molecule has 2 N–H and O–H groups in total. The molecule has 1 amide bonds. The summed E-state index contributed by atoms with van der Waals surface area (Å²) in [4.78, 5) is 12.6. The summed E-state index contributed by atoms with van der Waals surface area (Å²) in [5.74, 6) is 0. The second-order valence-electron chi connectivity index (χ2n) is 2.97. The fourth-order valence-electron chi connectivity index (χ4n) is 1.23. The molecular formula is C7H11N5O2. The summed E-state index contributed by atoms with van der Waals surface area (Å²) < 4.78 is 6.34. The molecule has 0 spiro atoms. The van der Waals surface area contributed by atoms with Crippen LogP contribution in [-0.4, -0.2) is 39.1 Å². The zero-order chi connectivity index (χ0) is 9.97. The predicted octanol–water partition coefficient (Wildman–Crippen LogP) is -0.854. The van der Waals surface area contributed by atoms with E-state index in [2.05, 4.69) is 10.3 Å². The van der Waals surface area contributed by atoms with Crippen molar-refractivity contribution in [2.75, 3.05) is 13.2 Å². The lowest BCUT2D eigenvalue weighted by atomic mass is 10.5. The summed E-state index contributed by atoms with van der Waals surface area (Å²) in [5.41, 5.74) is 6.08. The average molecular weight is 197 g/mol. The number of cyclic esters (lactones) is 1. The van der Waals surface area contributed by atoms with Crippen molar-refractivity contribution in [1.29, 1.82) is 0 Å². The Hall–Kier alpha value is -1.63. The lowest BCUT2D eigenvalue weighted by Crippen LogP contribution is -2.27. The van der Waals surface area contributed by atoms with E-state index in [0.29, 0.717) is 32.1 Å². The topological polar surface area (TPSA) is 86.3 Å². The zero-order valence-electron chi connectivity index (χ0n) is 7.59. The molecule has 2 heterocycles. The highest BCUT2D eigenvalue weighted by Crippen LogP contribution is 2.04. The Morgan fingerprint density at radius 3 is 3.07 bits per heavy atom. The van der Waals surface area contributed by atoms with E-state index in [-0.39, 0.29) is 6.09 Å². The van der Waals surface area contributed by atoms with Crippen LogP contribution in [0.4, 0.5) is 4.79 Å². The highest BCUT2D eigenvalue weighted by molar-refractivity contribution is 5.68. The van der Waals surface area contributed by atoms with E-state index in [0.717, 1.165) is 0 Å². The van der Waals surface area contributed by atoms with Crippen LogP contribution in [0.3, 0.4) is 0 Å². The summed E-state index contributed by atoms with van der Waals surface area (Å²) in [6, 6.07) is 0. The maximum Gasteiger partial charge on any atom is 0.411 e. The van der Waals surface area contributed by atoms with E-state index < -0.39 is 0 Å². The average Bonchev–Trinajstić information content (AvgIpc) is 2.77. The van der Waals surface area contributed by atoms with Crippen molar-refractivity contribution < 1.29 is 9.53 Å². The number of aromatic nitrogens is 3. The first-order chi connectivity index (χ1) is 6.79. The SMILES string of the molecule is NCc1cn(CN2CCOC2=O)nn1. The first kappa shape index (κ1) is 8.95. The Balaban J connectivity index is 1.99. The van der Waals surface area contributed by atoms with E-state index in [1.807, 2.05) is 0 Å². The Morgan fingerprint density at radius 1 is 1.64 bits per heavy atom. The Labute approximate surface area is 80.4 Å². The summed E-state index contributed by atoms with van der Waals surface area (Å²) >= 11 is 0. The van der Waals surface area contributed by atoms with Gasteiger partial charge in [-0.25, -0.2) is 9.48 Å². The monoisotopic (exact) mass is 197 g/mol. The molecule has 0 atom stereocenters. The van der Waals surface area contributed by atoms with Gasteiger partial charge in [0.1, 0.15) is 13.3 Å². The van der Waals surface area contributed by atoms with Gasteiger partial charge in [-0.3, -0.25) is 4.90 Å². The summed E-state index contributed by atoms with van der Waals surface area (Å²) in [5, 5.41) is 7.63. The number of hydrogen-bond donors (Lipinski definition) is 1. The number of hydrogen-bond acceptors (Lipinski definition) is 5. The molecule has 0 aliphatic carbocycles. The number of carbonyl (C=O) groups is 1. The number of rotatable bonds is 3. The van der Waals surface area contributed by atoms with Gasteiger partial charge in [0.15, 0.2) is 0 Å². The molecule has 1 fully saturated rings. The normalized spacial score (nSPS) is 16.1. The highest BCUT2D eigenvalue weighted by Gasteiger charge is 2.22. The van der Waals surface area contributed by atoms with Crippen LogP contribution in [0, 0.1) is 0 Å².